The average Bonchev–Trinajstić information content (AvgIpc) is 2.72. The molecule has 2 N–H and O–H groups in total. The smallest absolute Gasteiger partial charge is 0.163 e. The summed E-state index contributed by atoms with van der Waals surface area (Å²) in [4.78, 5) is 9.37. The number of ether oxygens (including phenoxy) is 1. The van der Waals surface area contributed by atoms with E-state index >= 15 is 0 Å². The van der Waals surface area contributed by atoms with Crippen LogP contribution in [0.3, 0.4) is 0 Å². The number of methoxy groups -OCH3 is 1. The van der Waals surface area contributed by atoms with Crippen LogP contribution in [0.15, 0.2) is 60.7 Å². The number of nitrogens with zero attached hydrogens (tertiary/aromatic N) is 2. The standard InChI is InChI=1S/C22H26N4O/c1-3-17-10-12-19(13-11-17)24-21-16-20(23-14-7-15-27-2)25-22(26-21)18-8-5-4-6-9-18/h4-6,8-13,16H,3,7,14-15H2,1-2H3,(H2,23,24,25,26). The maximum absolute atomic E-state index is 5.11. The molecule has 0 atom stereocenters. The van der Waals surface area contributed by atoms with Crippen molar-refractivity contribution in [3.8, 4) is 11.4 Å². The summed E-state index contributed by atoms with van der Waals surface area (Å²) in [5.74, 6) is 2.26. The highest BCUT2D eigenvalue weighted by molar-refractivity contribution is 5.65. The molecule has 5 heteroatoms. The van der Waals surface area contributed by atoms with Crippen LogP contribution in [0.1, 0.15) is 18.9 Å². The fourth-order valence-electron chi connectivity index (χ4n) is 2.72. The summed E-state index contributed by atoms with van der Waals surface area (Å²) in [6.45, 7) is 3.67. The first-order valence-electron chi connectivity index (χ1n) is 9.31. The lowest BCUT2D eigenvalue weighted by Crippen LogP contribution is -2.08. The normalized spacial score (nSPS) is 10.6. The van der Waals surface area contributed by atoms with Gasteiger partial charge >= 0.3 is 0 Å². The van der Waals surface area contributed by atoms with E-state index in [1.807, 2.05) is 36.4 Å². The van der Waals surface area contributed by atoms with Gasteiger partial charge in [0.2, 0.25) is 0 Å². The van der Waals surface area contributed by atoms with Crippen molar-refractivity contribution >= 4 is 17.3 Å². The Morgan fingerprint density at radius 2 is 1.67 bits per heavy atom. The van der Waals surface area contributed by atoms with Gasteiger partial charge in [-0.15, -0.1) is 0 Å². The second-order valence-corrected chi connectivity index (χ2v) is 6.28. The number of aromatic nitrogens is 2. The third-order valence-corrected chi connectivity index (χ3v) is 4.22. The molecule has 0 aliphatic carbocycles. The summed E-state index contributed by atoms with van der Waals surface area (Å²) in [6.07, 6.45) is 1.95. The number of hydrogen-bond donors (Lipinski definition) is 2. The van der Waals surface area contributed by atoms with Gasteiger partial charge < -0.3 is 15.4 Å². The Kier molecular flexibility index (Phi) is 6.77. The maximum atomic E-state index is 5.11. The van der Waals surface area contributed by atoms with Crippen LogP contribution in [0.5, 0.6) is 0 Å². The fourth-order valence-corrected chi connectivity index (χ4v) is 2.72. The largest absolute Gasteiger partial charge is 0.385 e. The predicted octanol–water partition coefficient (Wildman–Crippen LogP) is 4.90. The molecule has 1 heterocycles. The van der Waals surface area contributed by atoms with Gasteiger partial charge in [-0.25, -0.2) is 9.97 Å². The van der Waals surface area contributed by atoms with Gasteiger partial charge in [0.1, 0.15) is 11.6 Å². The first-order chi connectivity index (χ1) is 13.3. The van der Waals surface area contributed by atoms with Crippen molar-refractivity contribution in [2.75, 3.05) is 30.9 Å². The van der Waals surface area contributed by atoms with Crippen LogP contribution in [0, 0.1) is 0 Å². The van der Waals surface area contributed by atoms with E-state index in [-0.39, 0.29) is 0 Å². The minimum Gasteiger partial charge on any atom is -0.385 e. The first kappa shape index (κ1) is 18.9. The van der Waals surface area contributed by atoms with E-state index in [0.717, 1.165) is 48.9 Å². The molecule has 0 aliphatic rings. The molecular formula is C22H26N4O. The summed E-state index contributed by atoms with van der Waals surface area (Å²) in [5, 5.41) is 6.75. The minimum atomic E-state index is 0.694. The highest BCUT2D eigenvalue weighted by Crippen LogP contribution is 2.23. The Morgan fingerprint density at radius 1 is 0.926 bits per heavy atom. The molecule has 0 bridgehead atoms. The number of nitrogens with one attached hydrogen (secondary N) is 2. The third kappa shape index (κ3) is 5.53. The van der Waals surface area contributed by atoms with Crippen molar-refractivity contribution in [3.05, 3.63) is 66.2 Å². The molecule has 0 aliphatic heterocycles. The number of hydrogen-bond acceptors (Lipinski definition) is 5. The molecule has 5 nitrogen and oxygen atoms in total. The molecule has 0 unspecified atom stereocenters. The van der Waals surface area contributed by atoms with Gasteiger partial charge in [-0.2, -0.15) is 0 Å². The topological polar surface area (TPSA) is 59.1 Å². The molecule has 1 aromatic heterocycles. The lowest BCUT2D eigenvalue weighted by atomic mass is 10.1. The molecule has 3 rings (SSSR count). The van der Waals surface area contributed by atoms with E-state index in [0.29, 0.717) is 5.82 Å². The lowest BCUT2D eigenvalue weighted by molar-refractivity contribution is 0.198. The zero-order valence-corrected chi connectivity index (χ0v) is 15.9. The second kappa shape index (κ2) is 9.69. The number of rotatable bonds is 9. The van der Waals surface area contributed by atoms with Crippen LogP contribution >= 0.6 is 0 Å². The molecule has 0 radical (unpaired) electrons. The minimum absolute atomic E-state index is 0.694. The van der Waals surface area contributed by atoms with E-state index in [2.05, 4.69) is 46.8 Å². The van der Waals surface area contributed by atoms with Gasteiger partial charge in [-0.05, 0) is 30.5 Å². The zero-order chi connectivity index (χ0) is 18.9. The van der Waals surface area contributed by atoms with Crippen molar-refractivity contribution in [2.45, 2.75) is 19.8 Å². The lowest BCUT2D eigenvalue weighted by Gasteiger charge is -2.12. The van der Waals surface area contributed by atoms with Crippen LogP contribution in [0.4, 0.5) is 17.3 Å². The van der Waals surface area contributed by atoms with E-state index < -0.39 is 0 Å². The Morgan fingerprint density at radius 3 is 2.37 bits per heavy atom. The van der Waals surface area contributed by atoms with Crippen molar-refractivity contribution < 1.29 is 4.74 Å². The SMILES string of the molecule is CCc1ccc(Nc2cc(NCCCOC)nc(-c3ccccc3)n2)cc1. The number of aryl methyl sites for hydroxylation is 1. The summed E-state index contributed by atoms with van der Waals surface area (Å²) in [6, 6.07) is 20.4. The van der Waals surface area contributed by atoms with Crippen molar-refractivity contribution in [1.82, 2.24) is 9.97 Å². The summed E-state index contributed by atoms with van der Waals surface area (Å²) in [7, 11) is 1.71. The average molecular weight is 362 g/mol. The Bertz CT molecular complexity index is 835. The molecule has 27 heavy (non-hydrogen) atoms. The Hall–Kier alpha value is -2.92. The molecule has 0 amide bonds. The van der Waals surface area contributed by atoms with Gasteiger partial charge in [0.25, 0.3) is 0 Å². The highest BCUT2D eigenvalue weighted by atomic mass is 16.5. The summed E-state index contributed by atoms with van der Waals surface area (Å²) < 4.78 is 5.11. The van der Waals surface area contributed by atoms with Crippen LogP contribution in [-0.2, 0) is 11.2 Å². The van der Waals surface area contributed by atoms with Gasteiger partial charge in [-0.3, -0.25) is 0 Å². The predicted molar refractivity (Wildman–Crippen MR) is 112 cm³/mol. The fraction of sp³-hybridized carbons (Fsp3) is 0.273. The quantitative estimate of drug-likeness (QED) is 0.530. The molecule has 140 valence electrons. The van der Waals surface area contributed by atoms with E-state index in [1.54, 1.807) is 7.11 Å². The number of anilines is 3. The Labute approximate surface area is 160 Å². The van der Waals surface area contributed by atoms with Gasteiger partial charge in [0.15, 0.2) is 5.82 Å². The third-order valence-electron chi connectivity index (χ3n) is 4.22. The molecule has 0 spiro atoms. The first-order valence-corrected chi connectivity index (χ1v) is 9.31. The van der Waals surface area contributed by atoms with Crippen LogP contribution < -0.4 is 10.6 Å². The number of benzene rings is 2. The molecule has 2 aromatic carbocycles. The van der Waals surface area contributed by atoms with Gasteiger partial charge in [-0.1, -0.05) is 49.4 Å². The van der Waals surface area contributed by atoms with E-state index in [1.165, 1.54) is 5.56 Å². The molecule has 0 saturated carbocycles. The second-order valence-electron chi connectivity index (χ2n) is 6.28. The van der Waals surface area contributed by atoms with Crippen LogP contribution in [0.25, 0.3) is 11.4 Å². The summed E-state index contributed by atoms with van der Waals surface area (Å²) in [5.41, 5.74) is 3.31. The van der Waals surface area contributed by atoms with Crippen molar-refractivity contribution in [1.29, 1.82) is 0 Å². The Balaban J connectivity index is 1.84. The zero-order valence-electron chi connectivity index (χ0n) is 15.9. The van der Waals surface area contributed by atoms with Gasteiger partial charge in [0, 0.05) is 37.6 Å². The van der Waals surface area contributed by atoms with E-state index in [4.69, 9.17) is 9.72 Å². The van der Waals surface area contributed by atoms with Gasteiger partial charge in [0.05, 0.1) is 0 Å². The monoisotopic (exact) mass is 362 g/mol. The van der Waals surface area contributed by atoms with Crippen LogP contribution in [0.2, 0.25) is 0 Å². The van der Waals surface area contributed by atoms with E-state index in [9.17, 15) is 0 Å². The summed E-state index contributed by atoms with van der Waals surface area (Å²) >= 11 is 0. The van der Waals surface area contributed by atoms with Crippen molar-refractivity contribution in [2.24, 2.45) is 0 Å². The van der Waals surface area contributed by atoms with Crippen molar-refractivity contribution in [3.63, 3.8) is 0 Å². The molecule has 0 saturated heterocycles. The maximum Gasteiger partial charge on any atom is 0.163 e. The van der Waals surface area contributed by atoms with Crippen LogP contribution in [-0.4, -0.2) is 30.2 Å². The highest BCUT2D eigenvalue weighted by Gasteiger charge is 2.07. The molecule has 0 fully saturated rings. The molecular weight excluding hydrogens is 336 g/mol. The molecule has 3 aromatic rings.